The summed E-state index contributed by atoms with van der Waals surface area (Å²) in [5, 5.41) is 14.5. The van der Waals surface area contributed by atoms with E-state index in [9.17, 15) is 0 Å². The second-order valence-electron chi connectivity index (χ2n) is 21.9. The average molecular weight is 1030 g/mol. The maximum Gasteiger partial charge on any atom is 0.333 e. The Kier molecular flexibility index (Phi) is 9.28. The maximum absolute atomic E-state index is 7.06. The van der Waals surface area contributed by atoms with Crippen LogP contribution in [0.1, 0.15) is 0 Å². The molecule has 18 rings (SSSR count). The number of anilines is 6. The van der Waals surface area contributed by atoms with Crippen molar-refractivity contribution < 1.29 is 4.42 Å². The molecule has 2 aliphatic heterocycles. The van der Waals surface area contributed by atoms with Gasteiger partial charge in [0.1, 0.15) is 11.2 Å². The van der Waals surface area contributed by atoms with Crippen LogP contribution in [0.5, 0.6) is 0 Å². The highest BCUT2D eigenvalue weighted by Crippen LogP contribution is 2.52. The Hall–Kier alpha value is -10.6. The molecule has 2 aliphatic rings. The lowest BCUT2D eigenvalue weighted by Crippen LogP contribution is -2.56. The Morgan fingerprint density at radius 1 is 0.346 bits per heavy atom. The van der Waals surface area contributed by atoms with Gasteiger partial charge in [0.05, 0.1) is 5.39 Å². The zero-order valence-electron chi connectivity index (χ0n) is 43.9. The van der Waals surface area contributed by atoms with Gasteiger partial charge in [-0.25, -0.2) is 0 Å². The van der Waals surface area contributed by atoms with Gasteiger partial charge in [0.15, 0.2) is 0 Å². The number of furan rings is 1. The fourth-order valence-corrected chi connectivity index (χ4v) is 14.2. The topological polar surface area (TPSA) is 24.6 Å². The molecule has 0 radical (unpaired) electrons. The number of hydrogen-bond acceptors (Lipinski definition) is 3. The molecule has 14 aromatic carbocycles. The van der Waals surface area contributed by atoms with Crippen molar-refractivity contribution in [1.82, 2.24) is 4.48 Å². The minimum Gasteiger partial charge on any atom is -0.455 e. The lowest BCUT2D eigenvalue weighted by molar-refractivity contribution is 0.673. The molecule has 4 nitrogen and oxygen atoms in total. The Labute approximate surface area is 467 Å². The molecule has 0 aliphatic carbocycles. The van der Waals surface area contributed by atoms with Crippen molar-refractivity contribution >= 4 is 139 Å². The van der Waals surface area contributed by atoms with E-state index in [0.717, 1.165) is 83.7 Å². The summed E-state index contributed by atoms with van der Waals surface area (Å²) in [5.41, 5.74) is 20.3. The van der Waals surface area contributed by atoms with Gasteiger partial charge in [-0.2, -0.15) is 0 Å². The average Bonchev–Trinajstić information content (AvgIpc) is 3.92. The van der Waals surface area contributed by atoms with Gasteiger partial charge in [-0.05, 0) is 173 Å². The minimum absolute atomic E-state index is 0.228. The molecule has 2 aromatic heterocycles. The van der Waals surface area contributed by atoms with Crippen LogP contribution in [-0.4, -0.2) is 11.3 Å². The van der Waals surface area contributed by atoms with Crippen LogP contribution in [0, 0.1) is 0 Å². The van der Waals surface area contributed by atoms with Crippen molar-refractivity contribution in [2.75, 3.05) is 9.80 Å². The van der Waals surface area contributed by atoms with Crippen LogP contribution < -0.4 is 20.7 Å². The molecule has 0 N–H and O–H groups in total. The van der Waals surface area contributed by atoms with E-state index < -0.39 is 0 Å². The fraction of sp³-hybridized carbons (Fsp3) is 0. The monoisotopic (exact) mass is 1030 g/mol. The van der Waals surface area contributed by atoms with E-state index in [2.05, 4.69) is 293 Å². The third-order valence-electron chi connectivity index (χ3n) is 17.6. The van der Waals surface area contributed by atoms with Gasteiger partial charge >= 0.3 is 6.85 Å². The van der Waals surface area contributed by atoms with Crippen molar-refractivity contribution in [2.45, 2.75) is 0 Å². The molecule has 374 valence electrons. The van der Waals surface area contributed by atoms with Gasteiger partial charge in [-0.3, -0.25) is 0 Å². The first-order chi connectivity index (χ1) is 40.2. The van der Waals surface area contributed by atoms with Crippen LogP contribution in [0.3, 0.4) is 0 Å². The molecule has 5 heteroatoms. The van der Waals surface area contributed by atoms with E-state index in [1.807, 2.05) is 0 Å². The molecule has 0 fully saturated rings. The number of benzene rings is 14. The van der Waals surface area contributed by atoms with E-state index in [4.69, 9.17) is 4.42 Å². The normalized spacial score (nSPS) is 12.6. The Balaban J connectivity index is 1.04. The van der Waals surface area contributed by atoms with Gasteiger partial charge in [0.2, 0.25) is 0 Å². The third-order valence-corrected chi connectivity index (χ3v) is 17.6. The minimum atomic E-state index is -0.228. The predicted molar refractivity (Wildman–Crippen MR) is 343 cm³/mol. The summed E-state index contributed by atoms with van der Waals surface area (Å²) in [6, 6.07) is 103. The van der Waals surface area contributed by atoms with Crippen LogP contribution in [0.15, 0.2) is 283 Å². The van der Waals surface area contributed by atoms with Crippen molar-refractivity contribution in [1.29, 1.82) is 0 Å². The summed E-state index contributed by atoms with van der Waals surface area (Å²) in [7, 11) is 0. The maximum atomic E-state index is 7.06. The van der Waals surface area contributed by atoms with Crippen LogP contribution in [0.4, 0.5) is 34.1 Å². The van der Waals surface area contributed by atoms with Crippen molar-refractivity contribution in [3.05, 3.63) is 279 Å². The number of nitrogens with zero attached hydrogens (tertiary/aromatic N) is 3. The first-order valence-electron chi connectivity index (χ1n) is 28.0. The quantitative estimate of drug-likeness (QED) is 0.0942. The van der Waals surface area contributed by atoms with Crippen molar-refractivity contribution in [2.24, 2.45) is 0 Å². The molecular formula is C76H46BN3O. The molecule has 0 amide bonds. The Morgan fingerprint density at radius 3 is 1.48 bits per heavy atom. The van der Waals surface area contributed by atoms with Crippen LogP contribution >= 0.6 is 0 Å². The fourth-order valence-electron chi connectivity index (χ4n) is 14.2. The molecule has 0 saturated carbocycles. The van der Waals surface area contributed by atoms with E-state index >= 15 is 0 Å². The van der Waals surface area contributed by atoms with Crippen LogP contribution in [-0.2, 0) is 0 Å². The summed E-state index contributed by atoms with van der Waals surface area (Å²) in [4.78, 5) is 5.05. The van der Waals surface area contributed by atoms with Gasteiger partial charge in [-0.1, -0.05) is 188 Å². The third kappa shape index (κ3) is 6.43. The highest BCUT2D eigenvalue weighted by molar-refractivity contribution is 6.90. The smallest absolute Gasteiger partial charge is 0.333 e. The summed E-state index contributed by atoms with van der Waals surface area (Å²) in [5.74, 6) is 0. The second kappa shape index (κ2) is 16.9. The highest BCUT2D eigenvalue weighted by atomic mass is 16.3. The van der Waals surface area contributed by atoms with E-state index in [-0.39, 0.29) is 6.85 Å². The zero-order chi connectivity index (χ0) is 52.9. The van der Waals surface area contributed by atoms with Gasteiger partial charge in [0, 0.05) is 66.9 Å². The van der Waals surface area contributed by atoms with Gasteiger partial charge < -0.3 is 18.7 Å². The largest absolute Gasteiger partial charge is 0.455 e. The number of fused-ring (bicyclic) bond motifs is 18. The summed E-state index contributed by atoms with van der Waals surface area (Å²) in [6.07, 6.45) is 0. The Bertz CT molecular complexity index is 5200. The summed E-state index contributed by atoms with van der Waals surface area (Å²) >= 11 is 0. The van der Waals surface area contributed by atoms with Crippen molar-refractivity contribution in [3.8, 4) is 33.4 Å². The predicted octanol–water partition coefficient (Wildman–Crippen LogP) is 19.5. The second-order valence-corrected chi connectivity index (χ2v) is 21.9. The molecule has 0 saturated heterocycles. The van der Waals surface area contributed by atoms with Gasteiger partial charge in [-0.15, -0.1) is 0 Å². The first kappa shape index (κ1) is 44.4. The highest BCUT2D eigenvalue weighted by Gasteiger charge is 2.44. The molecule has 81 heavy (non-hydrogen) atoms. The lowest BCUT2D eigenvalue weighted by atomic mass is 9.45. The summed E-state index contributed by atoms with van der Waals surface area (Å²) < 4.78 is 9.73. The number of aromatic nitrogens is 1. The number of para-hydroxylation sites is 4. The summed E-state index contributed by atoms with van der Waals surface area (Å²) in [6.45, 7) is -0.228. The molecular weight excluding hydrogens is 982 g/mol. The zero-order valence-corrected chi connectivity index (χ0v) is 43.9. The molecule has 0 unspecified atom stereocenters. The molecule has 0 atom stereocenters. The first-order valence-corrected chi connectivity index (χ1v) is 28.0. The Morgan fingerprint density at radius 2 is 0.864 bits per heavy atom. The molecule has 0 bridgehead atoms. The van der Waals surface area contributed by atoms with Gasteiger partial charge in [0.25, 0.3) is 0 Å². The standard InChI is InChI=1S/C76H46BN3O/c1-5-21-47(22-6-1)49-37-50(48-23-7-2-8-24-48)39-55(38-49)79-70-43-52-41-64-60-32-16-14-30-58(60)57-29-13-15-31-59(57)63(64)40-51(52)42-68(70)77-74-65(44-56(45-71(74)79)78(53-25-9-3-10-26-53)54-27-11-4-12-28-54)66-46-67-61-33-18-20-36-72(61)81-76(67)73-62-34-17-19-35-69(62)80(77)75(66)73/h1-46H. The SMILES string of the molecule is c1ccc(-c2cc(-c3ccccc3)cc(N3c4cc5cc6c7ccccc7c7ccccc7c6cc5cc4B4c5c(cc(N(c6ccccc6)c6ccccc6)cc53)-c3cc5c6ccccc6oc5c5c6ccccc6n4c35)c2)cc1. The number of rotatable bonds is 6. The van der Waals surface area contributed by atoms with E-state index in [0.29, 0.717) is 0 Å². The van der Waals surface area contributed by atoms with Crippen LogP contribution in [0.2, 0.25) is 0 Å². The molecule has 0 spiro atoms. The van der Waals surface area contributed by atoms with Crippen LogP contribution in [0.25, 0.3) is 120 Å². The number of hydrogen-bond donors (Lipinski definition) is 0. The van der Waals surface area contributed by atoms with Crippen molar-refractivity contribution in [3.63, 3.8) is 0 Å². The molecule has 4 heterocycles. The molecule has 16 aromatic rings. The lowest BCUT2D eigenvalue weighted by Gasteiger charge is -2.42. The van der Waals surface area contributed by atoms with E-state index in [1.165, 1.54) is 81.6 Å². The van der Waals surface area contributed by atoms with E-state index in [1.54, 1.807) is 0 Å².